The summed E-state index contributed by atoms with van der Waals surface area (Å²) in [5.74, 6) is -0.475. The maximum Gasteiger partial charge on any atom is 0.326 e. The lowest BCUT2D eigenvalue weighted by molar-refractivity contribution is -0.153. The molecular formula is C21H36N2O4. The molecule has 2 N–H and O–H groups in total. The van der Waals surface area contributed by atoms with Crippen molar-refractivity contribution >= 4 is 17.8 Å². The van der Waals surface area contributed by atoms with Gasteiger partial charge in [-0.05, 0) is 37.0 Å². The molecule has 1 aliphatic carbocycles. The Morgan fingerprint density at radius 1 is 1.00 bits per heavy atom. The Morgan fingerprint density at radius 2 is 1.63 bits per heavy atom. The van der Waals surface area contributed by atoms with E-state index in [0.29, 0.717) is 31.2 Å². The van der Waals surface area contributed by atoms with Crippen LogP contribution >= 0.6 is 0 Å². The average molecular weight is 381 g/mol. The van der Waals surface area contributed by atoms with Crippen LogP contribution in [0.15, 0.2) is 0 Å². The van der Waals surface area contributed by atoms with E-state index < -0.39 is 18.1 Å². The van der Waals surface area contributed by atoms with Crippen molar-refractivity contribution in [2.75, 3.05) is 6.54 Å². The molecule has 0 aromatic rings. The highest BCUT2D eigenvalue weighted by Gasteiger charge is 2.37. The molecule has 154 valence electrons. The molecule has 1 aliphatic heterocycles. The first-order chi connectivity index (χ1) is 12.8. The summed E-state index contributed by atoms with van der Waals surface area (Å²) in [6, 6.07) is -1.43. The minimum atomic E-state index is -0.956. The number of carbonyl (C=O) groups excluding carboxylic acids is 2. The Labute approximate surface area is 163 Å². The molecule has 6 heteroatoms. The van der Waals surface area contributed by atoms with E-state index in [1.54, 1.807) is 0 Å². The number of carboxylic acids is 1. The van der Waals surface area contributed by atoms with Crippen molar-refractivity contribution in [3.05, 3.63) is 0 Å². The van der Waals surface area contributed by atoms with E-state index in [4.69, 9.17) is 0 Å². The number of carboxylic acid groups (broad SMARTS) is 1. The molecule has 6 nitrogen and oxygen atoms in total. The summed E-state index contributed by atoms with van der Waals surface area (Å²) < 4.78 is 0. The summed E-state index contributed by atoms with van der Waals surface area (Å²) in [6.07, 6.45) is 8.71. The Bertz CT molecular complexity index is 528. The molecule has 1 saturated carbocycles. The second-order valence-corrected chi connectivity index (χ2v) is 8.75. The van der Waals surface area contributed by atoms with E-state index in [1.165, 1.54) is 37.0 Å². The predicted molar refractivity (Wildman–Crippen MR) is 104 cm³/mol. The highest BCUT2D eigenvalue weighted by Crippen LogP contribution is 2.31. The van der Waals surface area contributed by atoms with Gasteiger partial charge in [-0.3, -0.25) is 9.59 Å². The Morgan fingerprint density at radius 3 is 2.22 bits per heavy atom. The Balaban J connectivity index is 1.97. The fourth-order valence-electron chi connectivity index (χ4n) is 4.54. The first kappa shape index (κ1) is 21.7. The van der Waals surface area contributed by atoms with Gasteiger partial charge in [0.2, 0.25) is 11.8 Å². The molecule has 2 rings (SSSR count). The highest BCUT2D eigenvalue weighted by atomic mass is 16.4. The Kier molecular flexibility index (Phi) is 8.11. The molecular weight excluding hydrogens is 344 g/mol. The van der Waals surface area contributed by atoms with Crippen LogP contribution in [0.5, 0.6) is 0 Å². The average Bonchev–Trinajstić information content (AvgIpc) is 2.66. The third kappa shape index (κ3) is 5.94. The van der Waals surface area contributed by atoms with E-state index in [9.17, 15) is 19.5 Å². The number of aliphatic carboxylic acids is 1. The van der Waals surface area contributed by atoms with E-state index in [-0.39, 0.29) is 17.7 Å². The Hall–Kier alpha value is -1.59. The smallest absolute Gasteiger partial charge is 0.326 e. The molecule has 2 aliphatic rings. The number of nitrogens with one attached hydrogen (secondary N) is 1. The van der Waals surface area contributed by atoms with Crippen molar-refractivity contribution in [3.8, 4) is 0 Å². The molecule has 2 amide bonds. The molecule has 3 atom stereocenters. The molecule has 0 bridgehead atoms. The summed E-state index contributed by atoms with van der Waals surface area (Å²) in [5.41, 5.74) is 0. The lowest BCUT2D eigenvalue weighted by Crippen LogP contribution is -2.57. The van der Waals surface area contributed by atoms with Gasteiger partial charge in [-0.1, -0.05) is 52.9 Å². The molecule has 0 radical (unpaired) electrons. The van der Waals surface area contributed by atoms with Crippen molar-refractivity contribution < 1.29 is 19.5 Å². The number of piperidine rings is 1. The number of amides is 2. The van der Waals surface area contributed by atoms with Crippen molar-refractivity contribution in [3.63, 3.8) is 0 Å². The van der Waals surface area contributed by atoms with Gasteiger partial charge in [-0.25, -0.2) is 4.79 Å². The summed E-state index contributed by atoms with van der Waals surface area (Å²) in [4.78, 5) is 38.6. The quantitative estimate of drug-likeness (QED) is 0.710. The third-order valence-electron chi connectivity index (χ3n) is 6.28. The lowest BCUT2D eigenvalue weighted by atomic mass is 9.79. The van der Waals surface area contributed by atoms with Crippen molar-refractivity contribution in [1.29, 1.82) is 0 Å². The monoisotopic (exact) mass is 380 g/mol. The van der Waals surface area contributed by atoms with Crippen LogP contribution in [-0.4, -0.2) is 46.4 Å². The van der Waals surface area contributed by atoms with Gasteiger partial charge in [-0.15, -0.1) is 0 Å². The lowest BCUT2D eigenvalue weighted by Gasteiger charge is -2.36. The van der Waals surface area contributed by atoms with Gasteiger partial charge >= 0.3 is 5.97 Å². The van der Waals surface area contributed by atoms with Crippen LogP contribution in [-0.2, 0) is 14.4 Å². The molecule has 0 aromatic heterocycles. The van der Waals surface area contributed by atoms with Crippen molar-refractivity contribution in [2.45, 2.75) is 90.6 Å². The van der Waals surface area contributed by atoms with E-state index in [1.807, 2.05) is 13.8 Å². The minimum absolute atomic E-state index is 0.0807. The van der Waals surface area contributed by atoms with Crippen molar-refractivity contribution in [1.82, 2.24) is 10.2 Å². The van der Waals surface area contributed by atoms with Crippen LogP contribution in [0.3, 0.4) is 0 Å². The standard InChI is InChI=1S/C21H36N2O4/c1-14(2)19(20(25)23-12-8-7-11-17(23)21(26)27)22-18(24)13-15(3)16-9-5-4-6-10-16/h14-17,19H,4-13H2,1-3H3,(H,22,24)(H,26,27)/t15-,17-,19-/m0/s1. The van der Waals surface area contributed by atoms with E-state index in [0.717, 1.165) is 12.8 Å². The number of hydrogen-bond acceptors (Lipinski definition) is 3. The highest BCUT2D eigenvalue weighted by molar-refractivity contribution is 5.90. The SMILES string of the molecule is CC(C)[C@H](NC(=O)C[C@H](C)C1CCCCC1)C(=O)N1CCCC[C@H]1C(=O)O. The number of carbonyl (C=O) groups is 3. The minimum Gasteiger partial charge on any atom is -0.480 e. The first-order valence-electron chi connectivity index (χ1n) is 10.6. The molecule has 0 spiro atoms. The second-order valence-electron chi connectivity index (χ2n) is 8.75. The van der Waals surface area contributed by atoms with Crippen LogP contribution < -0.4 is 5.32 Å². The van der Waals surface area contributed by atoms with Crippen molar-refractivity contribution in [2.24, 2.45) is 17.8 Å². The topological polar surface area (TPSA) is 86.7 Å². The van der Waals surface area contributed by atoms with Crippen LogP contribution in [0.2, 0.25) is 0 Å². The fraction of sp³-hybridized carbons (Fsp3) is 0.857. The van der Waals surface area contributed by atoms with Gasteiger partial charge in [0.05, 0.1) is 0 Å². The van der Waals surface area contributed by atoms with Crippen LogP contribution in [0.25, 0.3) is 0 Å². The maximum absolute atomic E-state index is 13.0. The van der Waals surface area contributed by atoms with Gasteiger partial charge in [0, 0.05) is 13.0 Å². The van der Waals surface area contributed by atoms with Crippen LogP contribution in [0, 0.1) is 17.8 Å². The molecule has 0 aromatic carbocycles. The zero-order valence-electron chi connectivity index (χ0n) is 17.1. The zero-order valence-corrected chi connectivity index (χ0v) is 17.1. The van der Waals surface area contributed by atoms with Gasteiger partial charge in [0.1, 0.15) is 12.1 Å². The molecule has 1 heterocycles. The molecule has 0 unspecified atom stereocenters. The van der Waals surface area contributed by atoms with Crippen LogP contribution in [0.4, 0.5) is 0 Å². The fourth-order valence-corrected chi connectivity index (χ4v) is 4.54. The maximum atomic E-state index is 13.0. The first-order valence-corrected chi connectivity index (χ1v) is 10.6. The van der Waals surface area contributed by atoms with Crippen LogP contribution in [0.1, 0.15) is 78.6 Å². The van der Waals surface area contributed by atoms with Gasteiger partial charge in [0.25, 0.3) is 0 Å². The van der Waals surface area contributed by atoms with Gasteiger partial charge in [0.15, 0.2) is 0 Å². The number of rotatable bonds is 7. The molecule has 1 saturated heterocycles. The molecule has 27 heavy (non-hydrogen) atoms. The number of nitrogens with zero attached hydrogens (tertiary/aromatic N) is 1. The summed E-state index contributed by atoms with van der Waals surface area (Å²) in [7, 11) is 0. The van der Waals surface area contributed by atoms with Gasteiger partial charge < -0.3 is 15.3 Å². The zero-order chi connectivity index (χ0) is 20.0. The number of hydrogen-bond donors (Lipinski definition) is 2. The molecule has 2 fully saturated rings. The summed E-state index contributed by atoms with van der Waals surface area (Å²) >= 11 is 0. The number of likely N-dealkylation sites (tertiary alicyclic amines) is 1. The largest absolute Gasteiger partial charge is 0.480 e. The summed E-state index contributed by atoms with van der Waals surface area (Å²) in [5, 5.41) is 12.4. The van der Waals surface area contributed by atoms with E-state index in [2.05, 4.69) is 12.2 Å². The van der Waals surface area contributed by atoms with E-state index >= 15 is 0 Å². The summed E-state index contributed by atoms with van der Waals surface area (Å²) in [6.45, 7) is 6.38. The normalized spacial score (nSPS) is 23.7. The van der Waals surface area contributed by atoms with Gasteiger partial charge in [-0.2, -0.15) is 0 Å². The predicted octanol–water partition coefficient (Wildman–Crippen LogP) is 3.20. The third-order valence-corrected chi connectivity index (χ3v) is 6.28. The second kappa shape index (κ2) is 10.1.